The number of unbranched alkanes of at least 4 members (excludes halogenated alkanes) is 14. The molecule has 6 nitrogen and oxygen atoms in total. The van der Waals surface area contributed by atoms with Gasteiger partial charge in [0, 0.05) is 12.8 Å². The maximum absolute atomic E-state index is 13.2. The molecule has 0 radical (unpaired) electrons. The van der Waals surface area contributed by atoms with Crippen LogP contribution in [0.4, 0.5) is 0 Å². The van der Waals surface area contributed by atoms with Crippen molar-refractivity contribution in [1.29, 1.82) is 0 Å². The Morgan fingerprint density at radius 2 is 0.903 bits per heavy atom. The molecule has 6 heteroatoms. The van der Waals surface area contributed by atoms with Crippen molar-refractivity contribution in [1.82, 2.24) is 5.32 Å². The van der Waals surface area contributed by atoms with Gasteiger partial charge in [0.2, 0.25) is 5.91 Å². The van der Waals surface area contributed by atoms with Crippen LogP contribution >= 0.6 is 0 Å². The molecule has 0 aliphatic carbocycles. The fourth-order valence-electron chi connectivity index (χ4n) is 6.85. The molecule has 0 heterocycles. The third kappa shape index (κ3) is 43.2. The maximum atomic E-state index is 13.2. The lowest BCUT2D eigenvalue weighted by molar-refractivity contribution is -0.150. The molecule has 0 aliphatic rings. The van der Waals surface area contributed by atoms with E-state index in [0.29, 0.717) is 19.3 Å². The number of aliphatic hydroxyl groups is 2. The van der Waals surface area contributed by atoms with Gasteiger partial charge < -0.3 is 20.3 Å². The lowest BCUT2D eigenvalue weighted by atomic mass is 10.0. The first kappa shape index (κ1) is 58.5. The summed E-state index contributed by atoms with van der Waals surface area (Å²) in [6.45, 7) is 6.20. The lowest BCUT2D eigenvalue weighted by Gasteiger charge is -2.24. The average molecular weight is 860 g/mol. The molecule has 0 bridgehead atoms. The van der Waals surface area contributed by atoms with Crippen molar-refractivity contribution in [3.8, 4) is 0 Å². The number of carbonyl (C=O) groups is 2. The zero-order valence-corrected chi connectivity index (χ0v) is 40.0. The Bertz CT molecular complexity index is 1280. The molecule has 3 atom stereocenters. The van der Waals surface area contributed by atoms with Crippen LogP contribution in [0.25, 0.3) is 0 Å². The third-order valence-electron chi connectivity index (χ3n) is 10.6. The summed E-state index contributed by atoms with van der Waals surface area (Å²) in [6.07, 6.45) is 65.9. The van der Waals surface area contributed by atoms with Crippen molar-refractivity contribution < 1.29 is 24.5 Å². The van der Waals surface area contributed by atoms with Crippen LogP contribution < -0.4 is 5.32 Å². The second kappa shape index (κ2) is 48.6. The second-order valence-electron chi connectivity index (χ2n) is 16.5. The topological polar surface area (TPSA) is 95.9 Å². The van der Waals surface area contributed by atoms with Crippen molar-refractivity contribution in [2.45, 2.75) is 225 Å². The smallest absolute Gasteiger partial charge is 0.306 e. The Labute approximate surface area is 381 Å². The van der Waals surface area contributed by atoms with Crippen molar-refractivity contribution in [2.24, 2.45) is 0 Å². The van der Waals surface area contributed by atoms with E-state index in [1.807, 2.05) is 12.2 Å². The van der Waals surface area contributed by atoms with Crippen molar-refractivity contribution in [3.05, 3.63) is 109 Å². The molecular weight excluding hydrogens is 767 g/mol. The number of hydrogen-bond acceptors (Lipinski definition) is 5. The van der Waals surface area contributed by atoms with Gasteiger partial charge in [0.25, 0.3) is 0 Å². The Hall–Kier alpha value is -3.48. The molecule has 62 heavy (non-hydrogen) atoms. The predicted molar refractivity (Wildman–Crippen MR) is 268 cm³/mol. The van der Waals surface area contributed by atoms with Gasteiger partial charge in [-0.3, -0.25) is 9.59 Å². The Morgan fingerprint density at radius 1 is 0.500 bits per heavy atom. The van der Waals surface area contributed by atoms with Gasteiger partial charge in [-0.2, -0.15) is 0 Å². The Morgan fingerprint density at radius 3 is 1.35 bits per heavy atom. The van der Waals surface area contributed by atoms with Crippen LogP contribution in [0.15, 0.2) is 109 Å². The normalized spacial score (nSPS) is 14.2. The number of nitrogens with one attached hydrogen (secondary N) is 1. The SMILES string of the molecule is CC/C=C\C/C=C\C/C=C\C/C=C\C/C=C\CC(CC(=O)NC(CO)C(O)CCCCCCCCCCCCCC)OC(=O)CCCCC/C=C/C/C=C/C/C=C/C/C=C/CC. The van der Waals surface area contributed by atoms with Gasteiger partial charge in [-0.1, -0.05) is 214 Å². The van der Waals surface area contributed by atoms with Crippen molar-refractivity contribution in [2.75, 3.05) is 6.61 Å². The highest BCUT2D eigenvalue weighted by Gasteiger charge is 2.23. The van der Waals surface area contributed by atoms with Crippen LogP contribution in [-0.4, -0.2) is 46.9 Å². The molecule has 0 aliphatic heterocycles. The summed E-state index contributed by atoms with van der Waals surface area (Å²) < 4.78 is 5.85. The fraction of sp³-hybridized carbons (Fsp3) is 0.643. The van der Waals surface area contributed by atoms with E-state index in [0.717, 1.165) is 103 Å². The molecule has 352 valence electrons. The van der Waals surface area contributed by atoms with E-state index in [-0.39, 0.29) is 24.9 Å². The summed E-state index contributed by atoms with van der Waals surface area (Å²) in [5, 5.41) is 23.7. The average Bonchev–Trinajstić information content (AvgIpc) is 3.26. The third-order valence-corrected chi connectivity index (χ3v) is 10.6. The number of hydrogen-bond donors (Lipinski definition) is 3. The second-order valence-corrected chi connectivity index (χ2v) is 16.5. The van der Waals surface area contributed by atoms with Crippen LogP contribution in [0.2, 0.25) is 0 Å². The molecule has 0 fully saturated rings. The van der Waals surface area contributed by atoms with Crippen molar-refractivity contribution >= 4 is 11.9 Å². The highest BCUT2D eigenvalue weighted by molar-refractivity contribution is 5.77. The molecule has 0 saturated heterocycles. The molecule has 0 aromatic heterocycles. The van der Waals surface area contributed by atoms with Crippen LogP contribution in [0.1, 0.15) is 207 Å². The van der Waals surface area contributed by atoms with E-state index in [4.69, 9.17) is 4.74 Å². The van der Waals surface area contributed by atoms with E-state index >= 15 is 0 Å². The summed E-state index contributed by atoms with van der Waals surface area (Å²) in [4.78, 5) is 26.1. The molecule has 0 rings (SSSR count). The fourth-order valence-corrected chi connectivity index (χ4v) is 6.85. The number of allylic oxidation sites excluding steroid dienone is 17. The van der Waals surface area contributed by atoms with Crippen LogP contribution in [0.5, 0.6) is 0 Å². The molecular formula is C56H93NO5. The molecule has 3 unspecified atom stereocenters. The molecule has 0 aromatic rings. The van der Waals surface area contributed by atoms with Gasteiger partial charge in [0.15, 0.2) is 0 Å². The monoisotopic (exact) mass is 860 g/mol. The summed E-state index contributed by atoms with van der Waals surface area (Å²) in [5.74, 6) is -0.627. The van der Waals surface area contributed by atoms with Crippen LogP contribution in [0.3, 0.4) is 0 Å². The molecule has 1 amide bonds. The minimum Gasteiger partial charge on any atom is -0.461 e. The number of ether oxygens (including phenoxy) is 1. The van der Waals surface area contributed by atoms with Gasteiger partial charge in [-0.05, 0) is 83.5 Å². The van der Waals surface area contributed by atoms with Crippen LogP contribution in [-0.2, 0) is 14.3 Å². The van der Waals surface area contributed by atoms with Gasteiger partial charge in [-0.15, -0.1) is 0 Å². The highest BCUT2D eigenvalue weighted by atomic mass is 16.5. The van der Waals surface area contributed by atoms with Crippen molar-refractivity contribution in [3.63, 3.8) is 0 Å². The Balaban J connectivity index is 4.81. The van der Waals surface area contributed by atoms with Gasteiger partial charge in [0.05, 0.1) is 25.2 Å². The minimum atomic E-state index is -0.823. The number of carbonyl (C=O) groups excluding carboxylic acids is 2. The van der Waals surface area contributed by atoms with E-state index in [2.05, 4.69) is 123 Å². The van der Waals surface area contributed by atoms with Crippen LogP contribution in [0, 0.1) is 0 Å². The first-order chi connectivity index (χ1) is 30.5. The summed E-state index contributed by atoms with van der Waals surface area (Å²) >= 11 is 0. The first-order valence-electron chi connectivity index (χ1n) is 25.1. The summed E-state index contributed by atoms with van der Waals surface area (Å²) in [7, 11) is 0. The zero-order valence-electron chi connectivity index (χ0n) is 40.0. The standard InChI is InChI=1S/C56H93NO5/c1-4-7-10-13-16-19-22-25-27-29-31-34-37-40-43-46-49-56(61)62-52(47-44-41-38-35-32-30-28-26-23-20-17-14-11-8-5-2)50-55(60)57-53(51-58)54(59)48-45-42-39-36-33-24-21-18-15-12-9-6-3/h7-8,10-11,16-17,19-20,25-28,31-32,34-35,41,44,52-54,58-59H,4-6,9,12-15,18,21-24,29-30,33,36-40,42-43,45-51H2,1-3H3,(H,57,60)/b10-7+,11-8-,19-16+,20-17-,27-25+,28-26-,34-31+,35-32-,44-41-. The predicted octanol–water partition coefficient (Wildman–Crippen LogP) is 15.1. The summed E-state index contributed by atoms with van der Waals surface area (Å²) in [6, 6.07) is -0.745. The minimum absolute atomic E-state index is 0.0201. The van der Waals surface area contributed by atoms with Gasteiger partial charge in [-0.25, -0.2) is 0 Å². The van der Waals surface area contributed by atoms with Gasteiger partial charge in [0.1, 0.15) is 6.10 Å². The summed E-state index contributed by atoms with van der Waals surface area (Å²) in [5.41, 5.74) is 0. The first-order valence-corrected chi connectivity index (χ1v) is 25.1. The van der Waals surface area contributed by atoms with E-state index in [1.165, 1.54) is 57.8 Å². The highest BCUT2D eigenvalue weighted by Crippen LogP contribution is 2.15. The van der Waals surface area contributed by atoms with E-state index in [1.54, 1.807) is 0 Å². The number of esters is 1. The quantitative estimate of drug-likeness (QED) is 0.0322. The maximum Gasteiger partial charge on any atom is 0.306 e. The van der Waals surface area contributed by atoms with E-state index in [9.17, 15) is 19.8 Å². The number of rotatable bonds is 43. The van der Waals surface area contributed by atoms with Gasteiger partial charge >= 0.3 is 5.97 Å². The largest absolute Gasteiger partial charge is 0.461 e. The number of aliphatic hydroxyl groups excluding tert-OH is 2. The molecule has 3 N–H and O–H groups in total. The lowest BCUT2D eigenvalue weighted by Crippen LogP contribution is -2.46. The number of amides is 1. The Kier molecular flexibility index (Phi) is 45.8. The zero-order chi connectivity index (χ0) is 45.2. The molecule has 0 saturated carbocycles. The van der Waals surface area contributed by atoms with E-state index < -0.39 is 18.2 Å². The molecule has 0 aromatic carbocycles. The molecule has 0 spiro atoms.